The SMILES string of the molecule is CC1CCN(c2cc(Cl)ccc2/C=C/C(=O)O)CC1. The van der Waals surface area contributed by atoms with E-state index in [9.17, 15) is 4.79 Å². The first-order valence-corrected chi connectivity index (χ1v) is 6.89. The van der Waals surface area contributed by atoms with Crippen molar-refractivity contribution < 1.29 is 9.90 Å². The molecular formula is C15H18ClNO2. The lowest BCUT2D eigenvalue weighted by Gasteiger charge is -2.33. The second kappa shape index (κ2) is 6.11. The zero-order chi connectivity index (χ0) is 13.8. The average Bonchev–Trinajstić information content (AvgIpc) is 2.38. The van der Waals surface area contributed by atoms with Gasteiger partial charge >= 0.3 is 5.97 Å². The van der Waals surface area contributed by atoms with E-state index in [0.29, 0.717) is 5.02 Å². The number of halogens is 1. The molecule has 1 aromatic rings. The van der Waals surface area contributed by atoms with Gasteiger partial charge in [0.05, 0.1) is 0 Å². The van der Waals surface area contributed by atoms with Crippen LogP contribution in [0, 0.1) is 5.92 Å². The van der Waals surface area contributed by atoms with Crippen LogP contribution in [0.15, 0.2) is 24.3 Å². The fourth-order valence-corrected chi connectivity index (χ4v) is 2.51. The molecule has 0 radical (unpaired) electrons. The molecule has 1 fully saturated rings. The zero-order valence-electron chi connectivity index (χ0n) is 11.0. The van der Waals surface area contributed by atoms with Gasteiger partial charge in [-0.3, -0.25) is 0 Å². The number of anilines is 1. The molecule has 0 amide bonds. The van der Waals surface area contributed by atoms with Crippen LogP contribution in [0.2, 0.25) is 5.02 Å². The van der Waals surface area contributed by atoms with Crippen LogP contribution in [0.4, 0.5) is 5.69 Å². The normalized spacial score (nSPS) is 17.1. The summed E-state index contributed by atoms with van der Waals surface area (Å²) in [6, 6.07) is 5.58. The monoisotopic (exact) mass is 279 g/mol. The maximum Gasteiger partial charge on any atom is 0.328 e. The van der Waals surface area contributed by atoms with Crippen molar-refractivity contribution in [3.05, 3.63) is 34.9 Å². The number of benzene rings is 1. The van der Waals surface area contributed by atoms with Crippen molar-refractivity contribution in [1.82, 2.24) is 0 Å². The molecule has 0 unspecified atom stereocenters. The first-order valence-electron chi connectivity index (χ1n) is 6.52. The summed E-state index contributed by atoms with van der Waals surface area (Å²) in [7, 11) is 0. The molecule has 0 atom stereocenters. The Morgan fingerprint density at radius 1 is 1.42 bits per heavy atom. The topological polar surface area (TPSA) is 40.5 Å². The van der Waals surface area contributed by atoms with E-state index >= 15 is 0 Å². The number of carboxylic acid groups (broad SMARTS) is 1. The highest BCUT2D eigenvalue weighted by atomic mass is 35.5. The molecule has 2 rings (SSSR count). The Labute approximate surface area is 118 Å². The summed E-state index contributed by atoms with van der Waals surface area (Å²) in [5, 5.41) is 9.42. The number of carbonyl (C=O) groups is 1. The van der Waals surface area contributed by atoms with E-state index in [2.05, 4.69) is 11.8 Å². The number of piperidine rings is 1. The quantitative estimate of drug-likeness (QED) is 0.858. The Balaban J connectivity index is 2.26. The predicted molar refractivity (Wildman–Crippen MR) is 78.7 cm³/mol. The Morgan fingerprint density at radius 2 is 2.11 bits per heavy atom. The molecule has 0 aromatic heterocycles. The van der Waals surface area contributed by atoms with Crippen molar-refractivity contribution in [3.63, 3.8) is 0 Å². The molecule has 1 saturated heterocycles. The highest BCUT2D eigenvalue weighted by Crippen LogP contribution is 2.29. The minimum absolute atomic E-state index is 0.682. The van der Waals surface area contributed by atoms with Gasteiger partial charge < -0.3 is 10.0 Å². The van der Waals surface area contributed by atoms with E-state index in [1.54, 1.807) is 12.1 Å². The lowest BCUT2D eigenvalue weighted by molar-refractivity contribution is -0.131. The maximum atomic E-state index is 10.6. The van der Waals surface area contributed by atoms with Crippen LogP contribution in [-0.2, 0) is 4.79 Å². The number of aliphatic carboxylic acids is 1. The van der Waals surface area contributed by atoms with Crippen molar-refractivity contribution in [3.8, 4) is 0 Å². The van der Waals surface area contributed by atoms with Gasteiger partial charge in [-0.15, -0.1) is 0 Å². The molecule has 1 N–H and O–H groups in total. The maximum absolute atomic E-state index is 10.6. The molecule has 19 heavy (non-hydrogen) atoms. The van der Waals surface area contributed by atoms with Crippen LogP contribution in [-0.4, -0.2) is 24.2 Å². The summed E-state index contributed by atoms with van der Waals surface area (Å²) >= 11 is 6.06. The van der Waals surface area contributed by atoms with E-state index in [-0.39, 0.29) is 0 Å². The van der Waals surface area contributed by atoms with Crippen molar-refractivity contribution in [2.45, 2.75) is 19.8 Å². The summed E-state index contributed by atoms with van der Waals surface area (Å²) in [6.07, 6.45) is 5.12. The van der Waals surface area contributed by atoms with Gasteiger partial charge in [-0.05, 0) is 42.5 Å². The van der Waals surface area contributed by atoms with Crippen molar-refractivity contribution in [1.29, 1.82) is 0 Å². The summed E-state index contributed by atoms with van der Waals surface area (Å²) < 4.78 is 0. The molecule has 4 heteroatoms. The van der Waals surface area contributed by atoms with Crippen LogP contribution in [0.5, 0.6) is 0 Å². The molecule has 1 heterocycles. The third-order valence-electron chi connectivity index (χ3n) is 3.52. The Kier molecular flexibility index (Phi) is 4.48. The van der Waals surface area contributed by atoms with Crippen LogP contribution in [0.25, 0.3) is 6.08 Å². The van der Waals surface area contributed by atoms with E-state index in [4.69, 9.17) is 16.7 Å². The van der Waals surface area contributed by atoms with Gasteiger partial charge in [0, 0.05) is 29.9 Å². The van der Waals surface area contributed by atoms with E-state index in [1.165, 1.54) is 6.08 Å². The standard InChI is InChI=1S/C15H18ClNO2/c1-11-6-8-17(9-7-11)14-10-13(16)4-2-12(14)3-5-15(18)19/h2-5,10-11H,6-9H2,1H3,(H,18,19)/b5-3+. The van der Waals surface area contributed by atoms with E-state index in [1.807, 2.05) is 12.1 Å². The third kappa shape index (κ3) is 3.74. The molecular weight excluding hydrogens is 262 g/mol. The van der Waals surface area contributed by atoms with Crippen LogP contribution >= 0.6 is 11.6 Å². The van der Waals surface area contributed by atoms with Crippen LogP contribution < -0.4 is 4.90 Å². The molecule has 102 valence electrons. The highest BCUT2D eigenvalue weighted by molar-refractivity contribution is 6.31. The molecule has 0 spiro atoms. The fourth-order valence-electron chi connectivity index (χ4n) is 2.34. The summed E-state index contributed by atoms with van der Waals surface area (Å²) in [4.78, 5) is 12.9. The number of hydrogen-bond acceptors (Lipinski definition) is 2. The number of carboxylic acids is 1. The smallest absolute Gasteiger partial charge is 0.328 e. The second-order valence-electron chi connectivity index (χ2n) is 5.04. The van der Waals surface area contributed by atoms with Gasteiger partial charge in [0.2, 0.25) is 0 Å². The predicted octanol–water partition coefficient (Wildman–Crippen LogP) is 3.67. The lowest BCUT2D eigenvalue weighted by atomic mass is 9.98. The molecule has 1 aliphatic rings. The Morgan fingerprint density at radius 3 is 2.74 bits per heavy atom. The third-order valence-corrected chi connectivity index (χ3v) is 3.76. The van der Waals surface area contributed by atoms with E-state index in [0.717, 1.165) is 43.1 Å². The number of nitrogens with zero attached hydrogens (tertiary/aromatic N) is 1. The molecule has 3 nitrogen and oxygen atoms in total. The molecule has 0 bridgehead atoms. The van der Waals surface area contributed by atoms with Crippen molar-refractivity contribution in [2.75, 3.05) is 18.0 Å². The van der Waals surface area contributed by atoms with Gasteiger partial charge in [-0.1, -0.05) is 24.6 Å². The second-order valence-corrected chi connectivity index (χ2v) is 5.48. The van der Waals surface area contributed by atoms with Gasteiger partial charge in [-0.25, -0.2) is 4.79 Å². The highest BCUT2D eigenvalue weighted by Gasteiger charge is 2.18. The number of hydrogen-bond donors (Lipinski definition) is 1. The molecule has 0 saturated carbocycles. The van der Waals surface area contributed by atoms with Gasteiger partial charge in [0.25, 0.3) is 0 Å². The minimum Gasteiger partial charge on any atom is -0.478 e. The lowest BCUT2D eigenvalue weighted by Crippen LogP contribution is -2.33. The molecule has 0 aliphatic carbocycles. The zero-order valence-corrected chi connectivity index (χ0v) is 11.7. The summed E-state index contributed by atoms with van der Waals surface area (Å²) in [5.41, 5.74) is 1.93. The number of rotatable bonds is 3. The summed E-state index contributed by atoms with van der Waals surface area (Å²) in [5.74, 6) is -0.179. The average molecular weight is 280 g/mol. The summed E-state index contributed by atoms with van der Waals surface area (Å²) in [6.45, 7) is 4.26. The van der Waals surface area contributed by atoms with Gasteiger partial charge in [-0.2, -0.15) is 0 Å². The largest absolute Gasteiger partial charge is 0.478 e. The Hall–Kier alpha value is -1.48. The fraction of sp³-hybridized carbons (Fsp3) is 0.400. The first kappa shape index (κ1) is 13.9. The van der Waals surface area contributed by atoms with Crippen LogP contribution in [0.1, 0.15) is 25.3 Å². The van der Waals surface area contributed by atoms with Gasteiger partial charge in [0.1, 0.15) is 0 Å². The first-order chi connectivity index (χ1) is 9.06. The van der Waals surface area contributed by atoms with Crippen molar-refractivity contribution in [2.24, 2.45) is 5.92 Å². The molecule has 1 aromatic carbocycles. The Bertz CT molecular complexity index is 491. The minimum atomic E-state index is -0.937. The van der Waals surface area contributed by atoms with E-state index < -0.39 is 5.97 Å². The van der Waals surface area contributed by atoms with Crippen molar-refractivity contribution >= 4 is 29.3 Å². The molecule has 1 aliphatic heterocycles. The van der Waals surface area contributed by atoms with Crippen LogP contribution in [0.3, 0.4) is 0 Å². The van der Waals surface area contributed by atoms with Gasteiger partial charge in [0.15, 0.2) is 0 Å².